The van der Waals surface area contributed by atoms with Gasteiger partial charge in [-0.05, 0) is 12.1 Å². The van der Waals surface area contributed by atoms with Crippen molar-refractivity contribution in [3.05, 3.63) is 88.5 Å². The Labute approximate surface area is 158 Å². The van der Waals surface area contributed by atoms with E-state index in [2.05, 4.69) is 0 Å². The molecule has 0 amide bonds. The van der Waals surface area contributed by atoms with Crippen LogP contribution >= 0.6 is 0 Å². The normalized spacial score (nSPS) is 11.4. The molecule has 0 bridgehead atoms. The molecule has 0 saturated carbocycles. The Balaban J connectivity index is 2.50. The van der Waals surface area contributed by atoms with E-state index >= 15 is 0 Å². The van der Waals surface area contributed by atoms with Crippen LogP contribution in [0.5, 0.6) is 0 Å². The van der Waals surface area contributed by atoms with Crippen LogP contribution in [0.4, 0.5) is 43.9 Å². The first-order chi connectivity index (χ1) is 13.6. The van der Waals surface area contributed by atoms with Gasteiger partial charge in [-0.2, -0.15) is 17.6 Å². The molecule has 0 aromatic heterocycles. The summed E-state index contributed by atoms with van der Waals surface area (Å²) in [5, 5.41) is 0. The van der Waals surface area contributed by atoms with Gasteiger partial charge in [-0.25, -0.2) is 26.3 Å². The van der Waals surface area contributed by atoms with Crippen molar-refractivity contribution in [1.82, 2.24) is 0 Å². The van der Waals surface area contributed by atoms with E-state index in [1.54, 1.807) is 0 Å². The van der Waals surface area contributed by atoms with E-state index in [9.17, 15) is 43.9 Å². The van der Waals surface area contributed by atoms with Gasteiger partial charge in [-0.3, -0.25) is 0 Å². The van der Waals surface area contributed by atoms with E-state index in [0.717, 1.165) is 12.1 Å². The second kappa shape index (κ2) is 7.62. The lowest BCUT2D eigenvalue weighted by Crippen LogP contribution is -2.19. The maximum Gasteiger partial charge on any atom is 0.244 e. The third-order valence-corrected chi connectivity index (χ3v) is 6.00. The average Bonchev–Trinajstić information content (AvgIpc) is 2.73. The Morgan fingerprint density at radius 3 is 0.966 bits per heavy atom. The van der Waals surface area contributed by atoms with Crippen molar-refractivity contribution in [3.63, 3.8) is 0 Å². The van der Waals surface area contributed by atoms with E-state index in [0.29, 0.717) is 0 Å². The summed E-state index contributed by atoms with van der Waals surface area (Å²) >= 11 is 0. The quantitative estimate of drug-likeness (QED) is 0.197. The lowest BCUT2D eigenvalue weighted by molar-refractivity contribution is 0.355. The number of rotatable bonds is 3. The molecule has 152 valence electrons. The highest BCUT2D eigenvalue weighted by molar-refractivity contribution is 7.97. The van der Waals surface area contributed by atoms with Gasteiger partial charge in [0.05, 0.1) is 0 Å². The highest BCUT2D eigenvalue weighted by atomic mass is 32.2. The Bertz CT molecular complexity index is 986. The SMILES string of the molecule is Fc1c(F)c(F)c([S+](c2ccccc2)c2c(F)c(F)c(F)c(F)c2F)c(F)c1F. The maximum atomic E-state index is 14.3. The number of hydrogen-bond acceptors (Lipinski definition) is 0. The van der Waals surface area contributed by atoms with Crippen molar-refractivity contribution in [2.24, 2.45) is 0 Å². The summed E-state index contributed by atoms with van der Waals surface area (Å²) in [7, 11) is -2.91. The molecule has 29 heavy (non-hydrogen) atoms. The lowest BCUT2D eigenvalue weighted by Gasteiger charge is -2.13. The largest absolute Gasteiger partial charge is 0.244 e. The van der Waals surface area contributed by atoms with E-state index in [1.807, 2.05) is 0 Å². The van der Waals surface area contributed by atoms with E-state index in [4.69, 9.17) is 0 Å². The monoisotopic (exact) mass is 443 g/mol. The van der Waals surface area contributed by atoms with Crippen LogP contribution in [0.1, 0.15) is 0 Å². The van der Waals surface area contributed by atoms with Crippen LogP contribution < -0.4 is 0 Å². The van der Waals surface area contributed by atoms with Gasteiger partial charge in [-0.15, -0.1) is 0 Å². The fraction of sp³-hybridized carbons (Fsp3) is 0. The molecular formula is C18H5F10S+. The third kappa shape index (κ3) is 3.22. The molecule has 3 rings (SSSR count). The molecule has 0 radical (unpaired) electrons. The molecule has 0 saturated heterocycles. The Hall–Kier alpha value is -2.69. The second-order valence-electron chi connectivity index (χ2n) is 5.42. The van der Waals surface area contributed by atoms with Gasteiger partial charge in [-0.1, -0.05) is 18.2 Å². The van der Waals surface area contributed by atoms with Gasteiger partial charge in [0.25, 0.3) is 0 Å². The minimum atomic E-state index is -2.91. The smallest absolute Gasteiger partial charge is 0.200 e. The fourth-order valence-corrected chi connectivity index (χ4v) is 4.60. The summed E-state index contributed by atoms with van der Waals surface area (Å²) in [6, 6.07) is 5.63. The average molecular weight is 443 g/mol. The molecule has 0 atom stereocenters. The van der Waals surface area contributed by atoms with Crippen LogP contribution in [0.3, 0.4) is 0 Å². The lowest BCUT2D eigenvalue weighted by atomic mass is 10.3. The molecule has 0 aliphatic carbocycles. The summed E-state index contributed by atoms with van der Waals surface area (Å²) in [6.45, 7) is 0. The summed E-state index contributed by atoms with van der Waals surface area (Å²) in [4.78, 5) is -3.94. The van der Waals surface area contributed by atoms with Crippen LogP contribution in [0, 0.1) is 58.2 Å². The highest BCUT2D eigenvalue weighted by Gasteiger charge is 2.46. The minimum Gasteiger partial charge on any atom is -0.200 e. The van der Waals surface area contributed by atoms with Crippen molar-refractivity contribution in [3.8, 4) is 0 Å². The van der Waals surface area contributed by atoms with Crippen LogP contribution in [-0.2, 0) is 10.9 Å². The molecule has 0 heterocycles. The van der Waals surface area contributed by atoms with Gasteiger partial charge in [0.15, 0.2) is 4.90 Å². The molecule has 3 aromatic rings. The highest BCUT2D eigenvalue weighted by Crippen LogP contribution is 2.40. The summed E-state index contributed by atoms with van der Waals surface area (Å²) < 4.78 is 139. The first kappa shape index (κ1) is 21.0. The Morgan fingerprint density at radius 2 is 0.655 bits per heavy atom. The van der Waals surface area contributed by atoms with Crippen molar-refractivity contribution < 1.29 is 43.9 Å². The van der Waals surface area contributed by atoms with Crippen LogP contribution in [0.15, 0.2) is 45.0 Å². The molecule has 3 aromatic carbocycles. The third-order valence-electron chi connectivity index (χ3n) is 3.73. The van der Waals surface area contributed by atoms with Crippen molar-refractivity contribution >= 4 is 10.9 Å². The summed E-state index contributed by atoms with van der Waals surface area (Å²) in [5.74, 6) is -24.7. The first-order valence-corrected chi connectivity index (χ1v) is 8.64. The molecular weight excluding hydrogens is 438 g/mol. The molecule has 0 aliphatic heterocycles. The van der Waals surface area contributed by atoms with Gasteiger partial charge in [0.1, 0.15) is 10.9 Å². The Morgan fingerprint density at radius 1 is 0.379 bits per heavy atom. The predicted octanol–water partition coefficient (Wildman–Crippen LogP) is 6.17. The fourth-order valence-electron chi connectivity index (χ4n) is 2.42. The number of benzene rings is 3. The van der Waals surface area contributed by atoms with Crippen LogP contribution in [-0.4, -0.2) is 0 Å². The first-order valence-electron chi connectivity index (χ1n) is 7.41. The number of halogens is 10. The van der Waals surface area contributed by atoms with Gasteiger partial charge in [0, 0.05) is 0 Å². The van der Waals surface area contributed by atoms with Crippen molar-refractivity contribution in [1.29, 1.82) is 0 Å². The molecule has 0 unspecified atom stereocenters. The molecule has 0 N–H and O–H groups in total. The maximum absolute atomic E-state index is 14.3. The van der Waals surface area contributed by atoms with Crippen molar-refractivity contribution in [2.45, 2.75) is 14.7 Å². The zero-order valence-electron chi connectivity index (χ0n) is 13.6. The van der Waals surface area contributed by atoms with Crippen LogP contribution in [0.25, 0.3) is 0 Å². The van der Waals surface area contributed by atoms with E-state index in [1.165, 1.54) is 18.2 Å². The second-order valence-corrected chi connectivity index (χ2v) is 7.32. The molecule has 11 heteroatoms. The van der Waals surface area contributed by atoms with Gasteiger partial charge >= 0.3 is 0 Å². The van der Waals surface area contributed by atoms with Gasteiger partial charge in [0.2, 0.25) is 68.0 Å². The topological polar surface area (TPSA) is 0 Å². The summed E-state index contributed by atoms with van der Waals surface area (Å²) in [5.41, 5.74) is 0. The van der Waals surface area contributed by atoms with Crippen molar-refractivity contribution in [2.75, 3.05) is 0 Å². The van der Waals surface area contributed by atoms with E-state index in [-0.39, 0.29) is 0 Å². The number of hydrogen-bond donors (Lipinski definition) is 0. The van der Waals surface area contributed by atoms with E-state index < -0.39 is 83.8 Å². The molecule has 0 fully saturated rings. The zero-order chi connectivity index (χ0) is 21.6. The zero-order valence-corrected chi connectivity index (χ0v) is 14.4. The van der Waals surface area contributed by atoms with Crippen LogP contribution in [0.2, 0.25) is 0 Å². The predicted molar refractivity (Wildman–Crippen MR) is 81.1 cm³/mol. The standard InChI is InChI=1S/C18H5F10S/c19-7-9(21)13(25)17(14(26)10(7)22)29(6-4-2-1-3-5-6)18-15(27)11(23)8(20)12(24)16(18)28/h1-5H/q+1. The molecule has 0 aliphatic rings. The summed E-state index contributed by atoms with van der Waals surface area (Å²) in [6.07, 6.45) is 0. The van der Waals surface area contributed by atoms with Gasteiger partial charge < -0.3 is 0 Å². The molecule has 0 nitrogen and oxygen atoms in total. The minimum absolute atomic E-state index is 0.459. The Kier molecular flexibility index (Phi) is 5.52. The molecule has 0 spiro atoms.